The molecule has 0 fully saturated rings. The minimum absolute atomic E-state index is 0.248. The molecule has 5 heteroatoms. The van der Waals surface area contributed by atoms with Crippen molar-refractivity contribution in [2.45, 2.75) is 13.8 Å². The Morgan fingerprint density at radius 3 is 2.74 bits per heavy atom. The summed E-state index contributed by atoms with van der Waals surface area (Å²) in [4.78, 5) is 12.1. The van der Waals surface area contributed by atoms with E-state index in [1.54, 1.807) is 6.07 Å². The van der Waals surface area contributed by atoms with Gasteiger partial charge in [0.2, 0.25) is 0 Å². The Labute approximate surface area is 123 Å². The van der Waals surface area contributed by atoms with Gasteiger partial charge < -0.3 is 4.98 Å². The lowest BCUT2D eigenvalue weighted by atomic mass is 10.1. The van der Waals surface area contributed by atoms with E-state index < -0.39 is 0 Å². The fourth-order valence-corrected chi connectivity index (χ4v) is 2.50. The van der Waals surface area contributed by atoms with Crippen LogP contribution in [0.1, 0.15) is 11.3 Å². The molecule has 0 saturated carbocycles. The van der Waals surface area contributed by atoms with Crippen molar-refractivity contribution in [2.75, 3.05) is 0 Å². The van der Waals surface area contributed by atoms with Gasteiger partial charge in [-0.15, -0.1) is 0 Å². The highest BCUT2D eigenvalue weighted by Crippen LogP contribution is 2.24. The number of halogens is 2. The minimum atomic E-state index is -0.248. The maximum absolute atomic E-state index is 13.6. The SMILES string of the molecule is Cc1c[nH]c2nc(-c3ccc(I)c(F)c3)nc(C)c12. The second-order valence-corrected chi connectivity index (χ2v) is 5.62. The molecule has 0 amide bonds. The van der Waals surface area contributed by atoms with Gasteiger partial charge in [-0.1, -0.05) is 0 Å². The zero-order valence-corrected chi connectivity index (χ0v) is 12.6. The molecule has 0 aliphatic heterocycles. The highest BCUT2D eigenvalue weighted by Gasteiger charge is 2.11. The van der Waals surface area contributed by atoms with Gasteiger partial charge in [-0.25, -0.2) is 14.4 Å². The predicted molar refractivity (Wildman–Crippen MR) is 81.5 cm³/mol. The average molecular weight is 367 g/mol. The van der Waals surface area contributed by atoms with Gasteiger partial charge in [0.15, 0.2) is 5.82 Å². The summed E-state index contributed by atoms with van der Waals surface area (Å²) < 4.78 is 14.2. The fourth-order valence-electron chi connectivity index (χ4n) is 2.16. The first kappa shape index (κ1) is 12.5. The molecule has 0 aliphatic rings. The Balaban J connectivity index is 2.22. The van der Waals surface area contributed by atoms with Gasteiger partial charge in [0.05, 0.1) is 5.69 Å². The van der Waals surface area contributed by atoms with Gasteiger partial charge >= 0.3 is 0 Å². The lowest BCUT2D eigenvalue weighted by Crippen LogP contribution is -1.95. The first-order chi connectivity index (χ1) is 9.06. The van der Waals surface area contributed by atoms with Crippen LogP contribution in [0.3, 0.4) is 0 Å². The molecule has 1 N–H and O–H groups in total. The lowest BCUT2D eigenvalue weighted by Gasteiger charge is -2.04. The van der Waals surface area contributed by atoms with Crippen LogP contribution in [0.15, 0.2) is 24.4 Å². The molecular weight excluding hydrogens is 356 g/mol. The number of nitrogens with one attached hydrogen (secondary N) is 1. The molecule has 0 atom stereocenters. The Kier molecular flexibility index (Phi) is 3.00. The summed E-state index contributed by atoms with van der Waals surface area (Å²) in [5, 5.41) is 1.04. The van der Waals surface area contributed by atoms with E-state index in [-0.39, 0.29) is 5.82 Å². The van der Waals surface area contributed by atoms with Gasteiger partial charge in [0.25, 0.3) is 0 Å². The van der Waals surface area contributed by atoms with Crippen molar-refractivity contribution in [1.82, 2.24) is 15.0 Å². The van der Waals surface area contributed by atoms with E-state index in [1.807, 2.05) is 48.7 Å². The number of H-pyrrole nitrogens is 1. The molecule has 0 spiro atoms. The van der Waals surface area contributed by atoms with E-state index in [0.29, 0.717) is 15.0 Å². The third-order valence-corrected chi connectivity index (χ3v) is 3.96. The second kappa shape index (κ2) is 4.56. The topological polar surface area (TPSA) is 41.6 Å². The zero-order valence-electron chi connectivity index (χ0n) is 10.5. The van der Waals surface area contributed by atoms with E-state index >= 15 is 0 Å². The Hall–Kier alpha value is -1.50. The molecule has 0 saturated heterocycles. The van der Waals surface area contributed by atoms with Gasteiger partial charge in [0, 0.05) is 20.7 Å². The summed E-state index contributed by atoms with van der Waals surface area (Å²) >= 11 is 1.96. The summed E-state index contributed by atoms with van der Waals surface area (Å²) in [6.45, 7) is 3.96. The third kappa shape index (κ3) is 2.11. The average Bonchev–Trinajstić information content (AvgIpc) is 2.75. The normalized spacial score (nSPS) is 11.2. The number of fused-ring (bicyclic) bond motifs is 1. The second-order valence-electron chi connectivity index (χ2n) is 4.46. The van der Waals surface area contributed by atoms with Crippen LogP contribution < -0.4 is 0 Å². The molecule has 0 radical (unpaired) electrons. The van der Waals surface area contributed by atoms with Crippen LogP contribution in [0.4, 0.5) is 4.39 Å². The molecule has 0 bridgehead atoms. The molecule has 3 aromatic rings. The van der Waals surface area contributed by atoms with Crippen LogP contribution in [0.2, 0.25) is 0 Å². The fraction of sp³-hybridized carbons (Fsp3) is 0.143. The summed E-state index contributed by atoms with van der Waals surface area (Å²) in [5.41, 5.74) is 3.50. The molecule has 3 nitrogen and oxygen atoms in total. The first-order valence-corrected chi connectivity index (χ1v) is 6.92. The van der Waals surface area contributed by atoms with Crippen molar-refractivity contribution in [3.8, 4) is 11.4 Å². The van der Waals surface area contributed by atoms with Crippen molar-refractivity contribution in [3.05, 3.63) is 45.0 Å². The number of aromatic amines is 1. The van der Waals surface area contributed by atoms with E-state index in [0.717, 1.165) is 22.3 Å². The Morgan fingerprint density at radius 2 is 2.00 bits per heavy atom. The maximum Gasteiger partial charge on any atom is 0.161 e. The first-order valence-electron chi connectivity index (χ1n) is 5.84. The van der Waals surface area contributed by atoms with Gasteiger partial charge in [-0.2, -0.15) is 0 Å². The quantitative estimate of drug-likeness (QED) is 0.661. The molecule has 2 heterocycles. The monoisotopic (exact) mass is 367 g/mol. The van der Waals surface area contributed by atoms with Crippen molar-refractivity contribution >= 4 is 33.6 Å². The molecule has 96 valence electrons. The number of aryl methyl sites for hydroxylation is 2. The molecule has 19 heavy (non-hydrogen) atoms. The number of nitrogens with zero attached hydrogens (tertiary/aromatic N) is 2. The molecule has 0 unspecified atom stereocenters. The van der Waals surface area contributed by atoms with Crippen LogP contribution in [0.25, 0.3) is 22.4 Å². The van der Waals surface area contributed by atoms with E-state index in [1.165, 1.54) is 6.07 Å². The molecule has 2 aromatic heterocycles. The van der Waals surface area contributed by atoms with Crippen LogP contribution in [-0.2, 0) is 0 Å². The molecular formula is C14H11FIN3. The van der Waals surface area contributed by atoms with Crippen molar-refractivity contribution in [2.24, 2.45) is 0 Å². The van der Waals surface area contributed by atoms with Gasteiger partial charge in [-0.05, 0) is 60.2 Å². The van der Waals surface area contributed by atoms with Crippen LogP contribution in [-0.4, -0.2) is 15.0 Å². The Bertz CT molecular complexity index is 780. The van der Waals surface area contributed by atoms with Crippen LogP contribution >= 0.6 is 22.6 Å². The summed E-state index contributed by atoms with van der Waals surface area (Å²) in [6, 6.07) is 5.04. The minimum Gasteiger partial charge on any atom is -0.346 e. The number of hydrogen-bond acceptors (Lipinski definition) is 2. The van der Waals surface area contributed by atoms with E-state index in [2.05, 4.69) is 15.0 Å². The van der Waals surface area contributed by atoms with Crippen LogP contribution in [0, 0.1) is 23.2 Å². The van der Waals surface area contributed by atoms with Crippen molar-refractivity contribution in [1.29, 1.82) is 0 Å². The van der Waals surface area contributed by atoms with E-state index in [4.69, 9.17) is 0 Å². The van der Waals surface area contributed by atoms with E-state index in [9.17, 15) is 4.39 Å². The van der Waals surface area contributed by atoms with Crippen LogP contribution in [0.5, 0.6) is 0 Å². The highest BCUT2D eigenvalue weighted by atomic mass is 127. The summed E-state index contributed by atoms with van der Waals surface area (Å²) in [6.07, 6.45) is 1.91. The molecule has 3 rings (SSSR count). The predicted octanol–water partition coefficient (Wildman–Crippen LogP) is 3.99. The number of aromatic nitrogens is 3. The molecule has 0 aliphatic carbocycles. The number of benzene rings is 1. The zero-order chi connectivity index (χ0) is 13.6. The van der Waals surface area contributed by atoms with Crippen molar-refractivity contribution < 1.29 is 4.39 Å². The summed E-state index contributed by atoms with van der Waals surface area (Å²) in [5.74, 6) is 0.296. The highest BCUT2D eigenvalue weighted by molar-refractivity contribution is 14.1. The van der Waals surface area contributed by atoms with Gasteiger partial charge in [-0.3, -0.25) is 0 Å². The largest absolute Gasteiger partial charge is 0.346 e. The van der Waals surface area contributed by atoms with Gasteiger partial charge in [0.1, 0.15) is 11.5 Å². The number of rotatable bonds is 1. The van der Waals surface area contributed by atoms with Crippen molar-refractivity contribution in [3.63, 3.8) is 0 Å². The number of hydrogen-bond donors (Lipinski definition) is 1. The third-order valence-electron chi connectivity index (χ3n) is 3.09. The lowest BCUT2D eigenvalue weighted by molar-refractivity contribution is 0.620. The Morgan fingerprint density at radius 1 is 1.21 bits per heavy atom. The summed E-state index contributed by atoms with van der Waals surface area (Å²) in [7, 11) is 0. The molecule has 1 aromatic carbocycles. The standard InChI is InChI=1S/C14H11FIN3/c1-7-6-17-14-12(7)8(2)18-13(19-14)9-3-4-11(16)10(15)5-9/h3-6H,1-2H3,(H,17,18,19). The maximum atomic E-state index is 13.6. The smallest absolute Gasteiger partial charge is 0.161 e.